The minimum Gasteiger partial charge on any atom is -0.360 e. The highest BCUT2D eigenvalue weighted by molar-refractivity contribution is 7.93. The fourth-order valence-corrected chi connectivity index (χ4v) is 3.17. The fourth-order valence-electron chi connectivity index (χ4n) is 1.67. The van der Waals surface area contributed by atoms with Crippen molar-refractivity contribution in [2.75, 3.05) is 6.54 Å². The van der Waals surface area contributed by atoms with Gasteiger partial charge in [-0.2, -0.15) is 0 Å². The van der Waals surface area contributed by atoms with Crippen LogP contribution in [0.25, 0.3) is 10.9 Å². The van der Waals surface area contributed by atoms with Crippen LogP contribution in [0.4, 0.5) is 0 Å². The number of rotatable bonds is 3. The molecular formula is C12H16N2O2S. The summed E-state index contributed by atoms with van der Waals surface area (Å²) in [6.07, 6.45) is 1.54. The Morgan fingerprint density at radius 3 is 2.59 bits per heavy atom. The van der Waals surface area contributed by atoms with Crippen LogP contribution in [0.2, 0.25) is 0 Å². The summed E-state index contributed by atoms with van der Waals surface area (Å²) in [4.78, 5) is 3.29. The molecule has 3 N–H and O–H groups in total. The predicted octanol–water partition coefficient (Wildman–Crippen LogP) is 1.68. The van der Waals surface area contributed by atoms with Gasteiger partial charge in [-0.15, -0.1) is 0 Å². The van der Waals surface area contributed by atoms with Gasteiger partial charge in [-0.05, 0) is 19.9 Å². The number of benzene rings is 1. The third-order valence-corrected chi connectivity index (χ3v) is 5.60. The van der Waals surface area contributed by atoms with Gasteiger partial charge in [-0.3, -0.25) is 0 Å². The molecular weight excluding hydrogens is 236 g/mol. The van der Waals surface area contributed by atoms with E-state index in [1.807, 2.05) is 18.2 Å². The van der Waals surface area contributed by atoms with E-state index in [4.69, 9.17) is 5.73 Å². The van der Waals surface area contributed by atoms with E-state index in [0.717, 1.165) is 5.52 Å². The summed E-state index contributed by atoms with van der Waals surface area (Å²) in [5.41, 5.74) is 6.37. The van der Waals surface area contributed by atoms with Crippen molar-refractivity contribution in [1.29, 1.82) is 0 Å². The molecule has 5 heteroatoms. The summed E-state index contributed by atoms with van der Waals surface area (Å²) in [5, 5.41) is 0.717. The standard InChI is InChI=1S/C12H16N2O2S/c1-12(2,8-13)17(15,16)11-7-14-10-6-4-3-5-9(10)11/h3-7,14H,8,13H2,1-2H3. The van der Waals surface area contributed by atoms with Gasteiger partial charge in [-0.25, -0.2) is 8.42 Å². The van der Waals surface area contributed by atoms with Crippen LogP contribution in [0.3, 0.4) is 0 Å². The molecule has 0 bridgehead atoms. The van der Waals surface area contributed by atoms with E-state index in [1.54, 1.807) is 19.9 Å². The lowest BCUT2D eigenvalue weighted by Crippen LogP contribution is -2.39. The summed E-state index contributed by atoms with van der Waals surface area (Å²) in [6, 6.07) is 7.34. The average Bonchev–Trinajstić information content (AvgIpc) is 2.72. The van der Waals surface area contributed by atoms with Crippen molar-refractivity contribution < 1.29 is 8.42 Å². The summed E-state index contributed by atoms with van der Waals surface area (Å²) in [6.45, 7) is 3.38. The maximum atomic E-state index is 12.5. The molecule has 0 fully saturated rings. The molecule has 0 spiro atoms. The molecule has 1 aromatic carbocycles. The number of H-pyrrole nitrogens is 1. The molecule has 1 aromatic heterocycles. The van der Waals surface area contributed by atoms with E-state index in [1.165, 1.54) is 6.20 Å². The molecule has 92 valence electrons. The van der Waals surface area contributed by atoms with Crippen molar-refractivity contribution in [3.63, 3.8) is 0 Å². The second-order valence-electron chi connectivity index (χ2n) is 4.67. The number of sulfone groups is 1. The molecule has 2 rings (SSSR count). The van der Waals surface area contributed by atoms with Crippen molar-refractivity contribution in [3.8, 4) is 0 Å². The first-order valence-electron chi connectivity index (χ1n) is 5.41. The molecule has 0 aliphatic heterocycles. The molecule has 0 saturated carbocycles. The van der Waals surface area contributed by atoms with Gasteiger partial charge in [0.2, 0.25) is 0 Å². The highest BCUT2D eigenvalue weighted by Crippen LogP contribution is 2.30. The van der Waals surface area contributed by atoms with Crippen molar-refractivity contribution in [2.24, 2.45) is 5.73 Å². The summed E-state index contributed by atoms with van der Waals surface area (Å²) < 4.78 is 24.0. The van der Waals surface area contributed by atoms with Crippen LogP contribution >= 0.6 is 0 Å². The Morgan fingerprint density at radius 2 is 1.94 bits per heavy atom. The van der Waals surface area contributed by atoms with Gasteiger partial charge in [0.1, 0.15) is 0 Å². The van der Waals surface area contributed by atoms with Crippen molar-refractivity contribution in [1.82, 2.24) is 4.98 Å². The lowest BCUT2D eigenvalue weighted by molar-refractivity contribution is 0.550. The van der Waals surface area contributed by atoms with Gasteiger partial charge >= 0.3 is 0 Å². The maximum Gasteiger partial charge on any atom is 0.186 e. The molecule has 17 heavy (non-hydrogen) atoms. The van der Waals surface area contributed by atoms with Gasteiger partial charge in [0.05, 0.1) is 9.64 Å². The quantitative estimate of drug-likeness (QED) is 0.872. The molecule has 0 saturated heterocycles. The van der Waals surface area contributed by atoms with E-state index >= 15 is 0 Å². The number of fused-ring (bicyclic) bond motifs is 1. The molecule has 1 heterocycles. The number of aromatic amines is 1. The van der Waals surface area contributed by atoms with E-state index in [9.17, 15) is 8.42 Å². The van der Waals surface area contributed by atoms with E-state index in [2.05, 4.69) is 4.98 Å². The number of nitrogens with two attached hydrogens (primary N) is 1. The lowest BCUT2D eigenvalue weighted by atomic mass is 10.2. The van der Waals surface area contributed by atoms with Gasteiger partial charge in [0.15, 0.2) is 9.84 Å². The topological polar surface area (TPSA) is 76.0 Å². The molecule has 0 amide bonds. The van der Waals surface area contributed by atoms with Gasteiger partial charge < -0.3 is 10.7 Å². The Morgan fingerprint density at radius 1 is 1.29 bits per heavy atom. The van der Waals surface area contributed by atoms with Crippen LogP contribution in [0.1, 0.15) is 13.8 Å². The zero-order valence-corrected chi connectivity index (χ0v) is 10.7. The van der Waals surface area contributed by atoms with Crippen LogP contribution < -0.4 is 5.73 Å². The Labute approximate surface area is 101 Å². The Hall–Kier alpha value is -1.33. The average molecular weight is 252 g/mol. The number of nitrogens with one attached hydrogen (secondary N) is 1. The third-order valence-electron chi connectivity index (χ3n) is 3.06. The van der Waals surface area contributed by atoms with E-state index < -0.39 is 14.6 Å². The number of aromatic nitrogens is 1. The molecule has 0 unspecified atom stereocenters. The summed E-state index contributed by atoms with van der Waals surface area (Å²) >= 11 is 0. The normalized spacial score (nSPS) is 13.1. The van der Waals surface area contributed by atoms with Crippen LogP contribution in [0.5, 0.6) is 0 Å². The second kappa shape index (κ2) is 3.85. The third kappa shape index (κ3) is 1.75. The number of hydrogen-bond donors (Lipinski definition) is 2. The second-order valence-corrected chi connectivity index (χ2v) is 7.22. The van der Waals surface area contributed by atoms with Crippen molar-refractivity contribution >= 4 is 20.7 Å². The Kier molecular flexibility index (Phi) is 2.75. The summed E-state index contributed by atoms with van der Waals surface area (Å²) in [5.74, 6) is 0. The molecule has 0 aliphatic carbocycles. The largest absolute Gasteiger partial charge is 0.360 e. The first-order valence-corrected chi connectivity index (χ1v) is 6.89. The van der Waals surface area contributed by atoms with Crippen LogP contribution in [0.15, 0.2) is 35.4 Å². The Balaban J connectivity index is 2.70. The van der Waals surface area contributed by atoms with Crippen LogP contribution in [0, 0.1) is 0 Å². The van der Waals surface area contributed by atoms with Gasteiger partial charge in [-0.1, -0.05) is 18.2 Å². The van der Waals surface area contributed by atoms with Gasteiger partial charge in [0.25, 0.3) is 0 Å². The predicted molar refractivity (Wildman–Crippen MR) is 68.6 cm³/mol. The highest BCUT2D eigenvalue weighted by atomic mass is 32.2. The highest BCUT2D eigenvalue weighted by Gasteiger charge is 2.35. The first kappa shape index (κ1) is 12.1. The minimum atomic E-state index is -3.43. The molecule has 0 radical (unpaired) electrons. The molecule has 2 aromatic rings. The first-order chi connectivity index (χ1) is 7.90. The Bertz CT molecular complexity index is 641. The summed E-state index contributed by atoms with van der Waals surface area (Å²) in [7, 11) is -3.43. The molecule has 0 aliphatic rings. The monoisotopic (exact) mass is 252 g/mol. The maximum absolute atomic E-state index is 12.5. The molecule has 4 nitrogen and oxygen atoms in total. The zero-order valence-electron chi connectivity index (χ0n) is 9.90. The lowest BCUT2D eigenvalue weighted by Gasteiger charge is -2.22. The van der Waals surface area contributed by atoms with Crippen molar-refractivity contribution in [3.05, 3.63) is 30.5 Å². The number of hydrogen-bond acceptors (Lipinski definition) is 3. The van der Waals surface area contributed by atoms with E-state index in [-0.39, 0.29) is 6.54 Å². The van der Waals surface area contributed by atoms with Crippen molar-refractivity contribution in [2.45, 2.75) is 23.5 Å². The zero-order chi connectivity index (χ0) is 12.7. The van der Waals surface area contributed by atoms with E-state index in [0.29, 0.717) is 10.3 Å². The fraction of sp³-hybridized carbons (Fsp3) is 0.333. The van der Waals surface area contributed by atoms with Crippen LogP contribution in [-0.2, 0) is 9.84 Å². The molecule has 0 atom stereocenters. The minimum absolute atomic E-state index is 0.0921. The number of para-hydroxylation sites is 1. The van der Waals surface area contributed by atoms with Crippen LogP contribution in [-0.4, -0.2) is 24.7 Å². The van der Waals surface area contributed by atoms with Gasteiger partial charge in [0, 0.05) is 23.6 Å². The SMILES string of the molecule is CC(C)(CN)S(=O)(=O)c1c[nH]c2ccccc12. The smallest absolute Gasteiger partial charge is 0.186 e.